The highest BCUT2D eigenvalue weighted by Gasteiger charge is 2.14. The van der Waals surface area contributed by atoms with E-state index in [2.05, 4.69) is 20.2 Å². The number of H-pyrrole nitrogens is 2. The van der Waals surface area contributed by atoms with Crippen molar-refractivity contribution < 1.29 is 9.18 Å². The average Bonchev–Trinajstić information content (AvgIpc) is 3.30. The van der Waals surface area contributed by atoms with E-state index < -0.39 is 0 Å². The molecule has 1 amide bonds. The Balaban J connectivity index is 1.50. The van der Waals surface area contributed by atoms with Crippen molar-refractivity contribution in [2.24, 2.45) is 0 Å². The number of fused-ring (bicyclic) bond motifs is 1. The molecule has 0 atom stereocenters. The van der Waals surface area contributed by atoms with Gasteiger partial charge in [-0.1, -0.05) is 12.1 Å². The van der Waals surface area contributed by atoms with E-state index >= 15 is 0 Å². The molecule has 26 heavy (non-hydrogen) atoms. The standard InChI is InChI=1S/C19H16FN5O/c1-25(11-18-22-16-7-6-14(20)10-17(16)23-18)19(26)13-4-2-12(3-5-13)15-8-9-21-24-15/h2-10H,11H2,1H3,(H,21,24)(H,22,23). The van der Waals surface area contributed by atoms with Gasteiger partial charge in [0.25, 0.3) is 5.91 Å². The predicted molar refractivity (Wildman–Crippen MR) is 95.9 cm³/mol. The Kier molecular flexibility index (Phi) is 3.96. The second-order valence-electron chi connectivity index (χ2n) is 6.05. The van der Waals surface area contributed by atoms with Crippen LogP contribution in [-0.2, 0) is 6.54 Å². The Morgan fingerprint density at radius 3 is 2.69 bits per heavy atom. The summed E-state index contributed by atoms with van der Waals surface area (Å²) in [7, 11) is 1.71. The third-order valence-corrected chi connectivity index (χ3v) is 4.17. The van der Waals surface area contributed by atoms with Gasteiger partial charge in [-0.25, -0.2) is 9.37 Å². The van der Waals surface area contributed by atoms with E-state index in [0.29, 0.717) is 29.0 Å². The van der Waals surface area contributed by atoms with Crippen molar-refractivity contribution in [2.45, 2.75) is 6.54 Å². The van der Waals surface area contributed by atoms with Crippen molar-refractivity contribution in [2.75, 3.05) is 7.05 Å². The summed E-state index contributed by atoms with van der Waals surface area (Å²) in [6, 6.07) is 13.5. The molecule has 130 valence electrons. The Bertz CT molecular complexity index is 1050. The molecule has 6 nitrogen and oxygen atoms in total. The van der Waals surface area contributed by atoms with E-state index in [-0.39, 0.29) is 11.7 Å². The van der Waals surface area contributed by atoms with E-state index in [1.54, 1.807) is 36.3 Å². The van der Waals surface area contributed by atoms with Gasteiger partial charge in [0, 0.05) is 18.8 Å². The lowest BCUT2D eigenvalue weighted by atomic mass is 10.1. The smallest absolute Gasteiger partial charge is 0.254 e. The molecule has 0 aliphatic carbocycles. The zero-order valence-corrected chi connectivity index (χ0v) is 14.0. The molecule has 0 spiro atoms. The molecule has 7 heteroatoms. The summed E-state index contributed by atoms with van der Waals surface area (Å²) in [4.78, 5) is 21.6. The molecule has 0 radical (unpaired) electrons. The first kappa shape index (κ1) is 16.0. The Morgan fingerprint density at radius 2 is 1.96 bits per heavy atom. The number of rotatable bonds is 4. The van der Waals surface area contributed by atoms with Gasteiger partial charge in [0.05, 0.1) is 23.3 Å². The van der Waals surface area contributed by atoms with Crippen molar-refractivity contribution in [1.29, 1.82) is 0 Å². The first-order valence-corrected chi connectivity index (χ1v) is 8.09. The van der Waals surface area contributed by atoms with Crippen molar-refractivity contribution in [3.8, 4) is 11.3 Å². The molecule has 0 aliphatic rings. The summed E-state index contributed by atoms with van der Waals surface area (Å²) in [6.07, 6.45) is 1.68. The zero-order valence-electron chi connectivity index (χ0n) is 14.0. The maximum Gasteiger partial charge on any atom is 0.254 e. The van der Waals surface area contributed by atoms with Gasteiger partial charge in [-0.2, -0.15) is 5.10 Å². The molecule has 0 fully saturated rings. The summed E-state index contributed by atoms with van der Waals surface area (Å²) in [5.74, 6) is 0.165. The van der Waals surface area contributed by atoms with Gasteiger partial charge in [-0.05, 0) is 42.0 Å². The summed E-state index contributed by atoms with van der Waals surface area (Å²) >= 11 is 0. The van der Waals surface area contributed by atoms with Crippen LogP contribution in [0, 0.1) is 5.82 Å². The number of hydrogen-bond donors (Lipinski definition) is 2. The number of carbonyl (C=O) groups excluding carboxylic acids is 1. The Morgan fingerprint density at radius 1 is 1.15 bits per heavy atom. The number of benzene rings is 2. The van der Waals surface area contributed by atoms with Gasteiger partial charge in [0.15, 0.2) is 0 Å². The van der Waals surface area contributed by atoms with Crippen molar-refractivity contribution >= 4 is 16.9 Å². The van der Waals surface area contributed by atoms with Crippen LogP contribution >= 0.6 is 0 Å². The first-order chi connectivity index (χ1) is 12.6. The van der Waals surface area contributed by atoms with Crippen LogP contribution in [0.25, 0.3) is 22.3 Å². The molecule has 0 saturated carbocycles. The van der Waals surface area contributed by atoms with Crippen LogP contribution < -0.4 is 0 Å². The maximum absolute atomic E-state index is 13.3. The molecule has 2 aromatic heterocycles. The summed E-state index contributed by atoms with van der Waals surface area (Å²) in [6.45, 7) is 0.303. The van der Waals surface area contributed by atoms with Crippen LogP contribution in [0.2, 0.25) is 0 Å². The van der Waals surface area contributed by atoms with Gasteiger partial charge in [-0.3, -0.25) is 9.89 Å². The maximum atomic E-state index is 13.3. The molecule has 4 aromatic rings. The number of imidazole rings is 1. The van der Waals surface area contributed by atoms with E-state index in [1.165, 1.54) is 12.1 Å². The highest BCUT2D eigenvalue weighted by Crippen LogP contribution is 2.18. The first-order valence-electron chi connectivity index (χ1n) is 8.09. The molecule has 0 unspecified atom stereocenters. The molecular weight excluding hydrogens is 333 g/mol. The number of nitrogens with one attached hydrogen (secondary N) is 2. The fraction of sp³-hybridized carbons (Fsp3) is 0.105. The number of nitrogens with zero attached hydrogens (tertiary/aromatic N) is 3. The quantitative estimate of drug-likeness (QED) is 0.593. The van der Waals surface area contributed by atoms with E-state index in [9.17, 15) is 9.18 Å². The normalized spacial score (nSPS) is 11.0. The highest BCUT2D eigenvalue weighted by atomic mass is 19.1. The average molecular weight is 349 g/mol. The van der Waals surface area contributed by atoms with E-state index in [0.717, 1.165) is 11.3 Å². The number of amides is 1. The van der Waals surface area contributed by atoms with Crippen LogP contribution in [0.15, 0.2) is 54.7 Å². The van der Waals surface area contributed by atoms with Crippen LogP contribution in [-0.4, -0.2) is 38.0 Å². The Labute approximate surface area is 148 Å². The van der Waals surface area contributed by atoms with Gasteiger partial charge in [0.2, 0.25) is 0 Å². The fourth-order valence-electron chi connectivity index (χ4n) is 2.84. The molecule has 2 heterocycles. The minimum absolute atomic E-state index is 0.118. The third kappa shape index (κ3) is 3.06. The fourth-order valence-corrected chi connectivity index (χ4v) is 2.84. The summed E-state index contributed by atoms with van der Waals surface area (Å²) in [5.41, 5.74) is 3.72. The SMILES string of the molecule is CN(Cc1nc2ccc(F)cc2[nH]1)C(=O)c1ccc(-c2ccn[nH]2)cc1. The Hall–Kier alpha value is -3.48. The van der Waals surface area contributed by atoms with Crippen LogP contribution in [0.1, 0.15) is 16.2 Å². The van der Waals surface area contributed by atoms with Crippen LogP contribution in [0.5, 0.6) is 0 Å². The van der Waals surface area contributed by atoms with Gasteiger partial charge in [-0.15, -0.1) is 0 Å². The third-order valence-electron chi connectivity index (χ3n) is 4.17. The minimum Gasteiger partial charge on any atom is -0.340 e. The minimum atomic E-state index is -0.325. The second-order valence-corrected chi connectivity index (χ2v) is 6.05. The number of carbonyl (C=O) groups is 1. The predicted octanol–water partition coefficient (Wildman–Crippen LogP) is 3.36. The number of hydrogen-bond acceptors (Lipinski definition) is 3. The number of aromatic nitrogens is 4. The van der Waals surface area contributed by atoms with Crippen molar-refractivity contribution in [3.63, 3.8) is 0 Å². The molecular formula is C19H16FN5O. The summed E-state index contributed by atoms with van der Waals surface area (Å²) < 4.78 is 13.3. The molecule has 0 saturated heterocycles. The number of halogens is 1. The summed E-state index contributed by atoms with van der Waals surface area (Å²) in [5, 5.41) is 6.81. The van der Waals surface area contributed by atoms with Crippen LogP contribution in [0.4, 0.5) is 4.39 Å². The lowest BCUT2D eigenvalue weighted by molar-refractivity contribution is 0.0782. The van der Waals surface area contributed by atoms with Crippen LogP contribution in [0.3, 0.4) is 0 Å². The topological polar surface area (TPSA) is 77.7 Å². The zero-order chi connectivity index (χ0) is 18.1. The second kappa shape index (κ2) is 6.44. The van der Waals surface area contributed by atoms with Crippen molar-refractivity contribution in [3.05, 3.63) is 71.9 Å². The molecule has 0 aliphatic heterocycles. The van der Waals surface area contributed by atoms with Gasteiger partial charge < -0.3 is 9.88 Å². The lowest BCUT2D eigenvalue weighted by Gasteiger charge is -2.16. The largest absolute Gasteiger partial charge is 0.340 e. The molecule has 4 rings (SSSR count). The van der Waals surface area contributed by atoms with Gasteiger partial charge in [0.1, 0.15) is 11.6 Å². The lowest BCUT2D eigenvalue weighted by Crippen LogP contribution is -2.26. The van der Waals surface area contributed by atoms with E-state index in [1.807, 2.05) is 18.2 Å². The molecule has 2 aromatic carbocycles. The molecule has 2 N–H and O–H groups in total. The molecule has 0 bridgehead atoms. The van der Waals surface area contributed by atoms with E-state index in [4.69, 9.17) is 0 Å². The monoisotopic (exact) mass is 349 g/mol. The highest BCUT2D eigenvalue weighted by molar-refractivity contribution is 5.94. The number of aromatic amines is 2. The van der Waals surface area contributed by atoms with Crippen molar-refractivity contribution in [1.82, 2.24) is 25.1 Å². The van der Waals surface area contributed by atoms with Gasteiger partial charge >= 0.3 is 0 Å².